The lowest BCUT2D eigenvalue weighted by atomic mass is 9.86. The number of esters is 1. The molecule has 0 unspecified atom stereocenters. The van der Waals surface area contributed by atoms with E-state index in [1.807, 2.05) is 0 Å². The van der Waals surface area contributed by atoms with Crippen molar-refractivity contribution in [2.24, 2.45) is 11.3 Å². The van der Waals surface area contributed by atoms with Crippen LogP contribution in [0, 0.1) is 18.3 Å². The van der Waals surface area contributed by atoms with Gasteiger partial charge in [-0.2, -0.15) is 13.2 Å². The summed E-state index contributed by atoms with van der Waals surface area (Å²) in [6.07, 6.45) is -4.25. The molecule has 34 heavy (non-hydrogen) atoms. The van der Waals surface area contributed by atoms with Gasteiger partial charge in [0.15, 0.2) is 0 Å². The van der Waals surface area contributed by atoms with Crippen molar-refractivity contribution in [1.82, 2.24) is 0 Å². The Hall–Kier alpha value is -2.55. The molecule has 0 amide bonds. The fourth-order valence-electron chi connectivity index (χ4n) is 3.53. The van der Waals surface area contributed by atoms with Crippen molar-refractivity contribution in [3.05, 3.63) is 59.2 Å². The molecule has 0 saturated carbocycles. The van der Waals surface area contributed by atoms with E-state index in [1.54, 1.807) is 53.7 Å². The van der Waals surface area contributed by atoms with E-state index in [4.69, 9.17) is 4.74 Å². The van der Waals surface area contributed by atoms with Crippen LogP contribution >= 0.6 is 0 Å². The summed E-state index contributed by atoms with van der Waals surface area (Å²) in [6, 6.07) is 9.16. The van der Waals surface area contributed by atoms with E-state index >= 15 is 0 Å². The first-order valence-corrected chi connectivity index (χ1v) is 12.5. The maximum Gasteiger partial charge on any atom is 0.416 e. The molecule has 0 bridgehead atoms. The van der Waals surface area contributed by atoms with Crippen LogP contribution in [0.15, 0.2) is 47.4 Å². The Kier molecular flexibility index (Phi) is 8.45. The van der Waals surface area contributed by atoms with Gasteiger partial charge < -0.3 is 4.74 Å². The molecular weight excluding hydrogens is 467 g/mol. The van der Waals surface area contributed by atoms with Crippen molar-refractivity contribution in [2.45, 2.75) is 59.0 Å². The Bertz CT molecular complexity index is 1110. The average Bonchev–Trinajstić information content (AvgIpc) is 2.72. The van der Waals surface area contributed by atoms with E-state index in [0.717, 1.165) is 22.0 Å². The lowest BCUT2D eigenvalue weighted by Crippen LogP contribution is -2.35. The standard InChI is InChI=1S/C25H32F3NO4S/c1-7-33-23(30)24(5,6)15-19-9-12-21(13-10-19)34(31,32)29(16-17(2)3)22-14-20(25(26,27)28)11-8-18(22)4/h8-14,17H,7,15-16H2,1-6H3. The molecule has 0 N–H and O–H groups in total. The van der Waals surface area contributed by atoms with Gasteiger partial charge in [-0.1, -0.05) is 32.0 Å². The first-order chi connectivity index (χ1) is 15.6. The average molecular weight is 500 g/mol. The number of aryl methyl sites for hydroxylation is 1. The van der Waals surface area contributed by atoms with Crippen molar-refractivity contribution in [2.75, 3.05) is 17.5 Å². The van der Waals surface area contributed by atoms with Gasteiger partial charge in [-0.15, -0.1) is 0 Å². The molecular formula is C25H32F3NO4S. The highest BCUT2D eigenvalue weighted by Crippen LogP contribution is 2.35. The number of carbonyl (C=O) groups excluding carboxylic acids is 1. The van der Waals surface area contributed by atoms with Crippen LogP contribution in [0.2, 0.25) is 0 Å². The number of rotatable bonds is 9. The molecule has 5 nitrogen and oxygen atoms in total. The van der Waals surface area contributed by atoms with Crippen molar-refractivity contribution in [3.63, 3.8) is 0 Å². The maximum atomic E-state index is 13.5. The van der Waals surface area contributed by atoms with Gasteiger partial charge in [-0.25, -0.2) is 8.42 Å². The van der Waals surface area contributed by atoms with Crippen molar-refractivity contribution in [1.29, 1.82) is 0 Å². The first-order valence-electron chi connectivity index (χ1n) is 11.1. The number of benzene rings is 2. The number of nitrogens with zero attached hydrogens (tertiary/aromatic N) is 1. The molecule has 0 aromatic heterocycles. The molecule has 188 valence electrons. The number of hydrogen-bond donors (Lipinski definition) is 0. The summed E-state index contributed by atoms with van der Waals surface area (Å²) in [5, 5.41) is 0. The number of anilines is 1. The van der Waals surface area contributed by atoms with Crippen LogP contribution in [0.1, 0.15) is 51.3 Å². The summed E-state index contributed by atoms with van der Waals surface area (Å²) >= 11 is 0. The van der Waals surface area contributed by atoms with E-state index in [0.29, 0.717) is 12.0 Å². The number of ether oxygens (including phenoxy) is 1. The third kappa shape index (κ3) is 6.52. The van der Waals surface area contributed by atoms with Gasteiger partial charge in [0.25, 0.3) is 10.0 Å². The van der Waals surface area contributed by atoms with E-state index in [2.05, 4.69) is 0 Å². The Morgan fingerprint density at radius 2 is 1.65 bits per heavy atom. The fourth-order valence-corrected chi connectivity index (χ4v) is 5.21. The van der Waals surface area contributed by atoms with E-state index in [9.17, 15) is 26.4 Å². The van der Waals surface area contributed by atoms with Gasteiger partial charge in [0.2, 0.25) is 0 Å². The fraction of sp³-hybridized carbons (Fsp3) is 0.480. The van der Waals surface area contributed by atoms with Crippen LogP contribution in [0.4, 0.5) is 18.9 Å². The molecule has 0 spiro atoms. The van der Waals surface area contributed by atoms with Crippen LogP contribution in [0.3, 0.4) is 0 Å². The van der Waals surface area contributed by atoms with Crippen molar-refractivity contribution >= 4 is 21.7 Å². The number of alkyl halides is 3. The highest BCUT2D eigenvalue weighted by molar-refractivity contribution is 7.92. The molecule has 0 aliphatic heterocycles. The number of hydrogen-bond acceptors (Lipinski definition) is 4. The molecule has 9 heteroatoms. The van der Waals surface area contributed by atoms with Gasteiger partial charge in [0, 0.05) is 6.54 Å². The zero-order valence-electron chi connectivity index (χ0n) is 20.4. The van der Waals surface area contributed by atoms with E-state index < -0.39 is 27.2 Å². The summed E-state index contributed by atoms with van der Waals surface area (Å²) in [4.78, 5) is 12.1. The van der Waals surface area contributed by atoms with E-state index in [-0.39, 0.29) is 35.6 Å². The Labute approximate surface area is 200 Å². The Morgan fingerprint density at radius 3 is 2.15 bits per heavy atom. The highest BCUT2D eigenvalue weighted by atomic mass is 32.2. The van der Waals surface area contributed by atoms with Gasteiger partial charge >= 0.3 is 12.1 Å². The molecule has 0 aliphatic rings. The minimum absolute atomic E-state index is 0.00366. The van der Waals surface area contributed by atoms with Gasteiger partial charge in [-0.3, -0.25) is 9.10 Å². The smallest absolute Gasteiger partial charge is 0.416 e. The second-order valence-electron chi connectivity index (χ2n) is 9.35. The Morgan fingerprint density at radius 1 is 1.06 bits per heavy atom. The third-order valence-electron chi connectivity index (χ3n) is 5.32. The normalized spacial score (nSPS) is 12.6. The summed E-state index contributed by atoms with van der Waals surface area (Å²) in [7, 11) is -4.14. The first kappa shape index (κ1) is 27.7. The van der Waals surface area contributed by atoms with Gasteiger partial charge in [0.05, 0.1) is 28.2 Å². The van der Waals surface area contributed by atoms with Crippen LogP contribution < -0.4 is 4.31 Å². The van der Waals surface area contributed by atoms with Gasteiger partial charge in [0.1, 0.15) is 0 Å². The second kappa shape index (κ2) is 10.4. The van der Waals surface area contributed by atoms with Crippen molar-refractivity contribution < 1.29 is 31.1 Å². The zero-order chi connectivity index (χ0) is 25.9. The molecule has 0 heterocycles. The minimum atomic E-state index is -4.59. The lowest BCUT2D eigenvalue weighted by Gasteiger charge is -2.28. The van der Waals surface area contributed by atoms with Gasteiger partial charge in [-0.05, 0) is 75.4 Å². The molecule has 0 radical (unpaired) electrons. The number of halogens is 3. The largest absolute Gasteiger partial charge is 0.466 e. The second-order valence-corrected chi connectivity index (χ2v) is 11.2. The third-order valence-corrected chi connectivity index (χ3v) is 7.12. The lowest BCUT2D eigenvalue weighted by molar-refractivity contribution is -0.153. The summed E-state index contributed by atoms with van der Waals surface area (Å²) < 4.78 is 73.2. The Balaban J connectivity index is 2.46. The summed E-state index contributed by atoms with van der Waals surface area (Å²) in [5.41, 5.74) is -0.549. The maximum absolute atomic E-state index is 13.5. The molecule has 0 saturated heterocycles. The quantitative estimate of drug-likeness (QED) is 0.397. The minimum Gasteiger partial charge on any atom is -0.466 e. The topological polar surface area (TPSA) is 63.7 Å². The molecule has 2 aromatic rings. The predicted molar refractivity (Wildman–Crippen MR) is 126 cm³/mol. The predicted octanol–water partition coefficient (Wildman–Crippen LogP) is 6.00. The molecule has 2 aromatic carbocycles. The monoisotopic (exact) mass is 499 g/mol. The highest BCUT2D eigenvalue weighted by Gasteiger charge is 2.34. The molecule has 0 atom stereocenters. The molecule has 2 rings (SSSR count). The zero-order valence-corrected chi connectivity index (χ0v) is 21.2. The van der Waals surface area contributed by atoms with E-state index in [1.165, 1.54) is 18.2 Å². The SMILES string of the molecule is CCOC(=O)C(C)(C)Cc1ccc(S(=O)(=O)N(CC(C)C)c2cc(C(F)(F)F)ccc2C)cc1. The van der Waals surface area contributed by atoms with Crippen LogP contribution in [-0.2, 0) is 32.2 Å². The van der Waals surface area contributed by atoms with Crippen molar-refractivity contribution in [3.8, 4) is 0 Å². The summed E-state index contributed by atoms with van der Waals surface area (Å²) in [5.74, 6) is -0.483. The number of carbonyl (C=O) groups is 1. The molecule has 0 aliphatic carbocycles. The molecule has 0 fully saturated rings. The summed E-state index contributed by atoms with van der Waals surface area (Å²) in [6.45, 7) is 10.7. The van der Waals surface area contributed by atoms with Crippen LogP contribution in [0.5, 0.6) is 0 Å². The van der Waals surface area contributed by atoms with Crippen LogP contribution in [0.25, 0.3) is 0 Å². The van der Waals surface area contributed by atoms with Crippen LogP contribution in [-0.4, -0.2) is 27.5 Å². The number of sulfonamides is 1.